The highest BCUT2D eigenvalue weighted by Crippen LogP contribution is 2.68. The molecular weight excluding hydrogens is 464 g/mol. The fraction of sp³-hybridized carbons (Fsp3) is 0.812. The van der Waals surface area contributed by atoms with Crippen LogP contribution in [0.4, 0.5) is 0 Å². The fourth-order valence-corrected chi connectivity index (χ4v) is 9.49. The molecule has 5 rings (SSSR count). The van der Waals surface area contributed by atoms with Crippen LogP contribution in [0.25, 0.3) is 0 Å². The number of ketones is 1. The number of ether oxygens (including phenoxy) is 3. The largest absolute Gasteiger partial charge is 0.462 e. The summed E-state index contributed by atoms with van der Waals surface area (Å²) in [5, 5.41) is 0. The molecule has 2 unspecified atom stereocenters. The van der Waals surface area contributed by atoms with Crippen LogP contribution in [0.2, 0.25) is 0 Å². The first kappa shape index (κ1) is 27.1. The lowest BCUT2D eigenvalue weighted by atomic mass is 9.48. The monoisotopic (exact) mass is 512 g/mol. The van der Waals surface area contributed by atoms with Gasteiger partial charge in [0.15, 0.2) is 5.78 Å². The van der Waals surface area contributed by atoms with Crippen molar-refractivity contribution in [3.05, 3.63) is 23.3 Å². The maximum absolute atomic E-state index is 14.2. The third kappa shape index (κ3) is 4.67. The van der Waals surface area contributed by atoms with Crippen molar-refractivity contribution in [3.8, 4) is 0 Å². The van der Waals surface area contributed by atoms with Crippen molar-refractivity contribution < 1.29 is 23.8 Å². The predicted octanol–water partition coefficient (Wildman–Crippen LogP) is 6.31. The lowest BCUT2D eigenvalue weighted by molar-refractivity contribution is -0.152. The number of allylic oxidation sites excluding steroid dienone is 4. The summed E-state index contributed by atoms with van der Waals surface area (Å²) in [6.07, 6.45) is 12.9. The highest BCUT2D eigenvalue weighted by atomic mass is 16.5. The van der Waals surface area contributed by atoms with Gasteiger partial charge in [0.1, 0.15) is 6.10 Å². The minimum atomic E-state index is -0.215. The molecule has 1 saturated heterocycles. The average molecular weight is 513 g/mol. The summed E-state index contributed by atoms with van der Waals surface area (Å²) in [5.41, 5.74) is 2.23. The molecule has 5 aliphatic rings. The third-order valence-electron chi connectivity index (χ3n) is 11.3. The zero-order valence-corrected chi connectivity index (χ0v) is 23.8. The number of fused-ring (bicyclic) bond motifs is 8. The number of carbonyl (C=O) groups is 2. The van der Waals surface area contributed by atoms with Crippen LogP contribution < -0.4 is 0 Å². The smallest absolute Gasteiger partial charge is 0.306 e. The standard InChI is InChI=1S/C32H48O5/c1-7-20-9-8-10-28(36-6)19(3)31(34)26-17-32(4)27-15-21(35-5)14-23(27)22-12-11-18(2)13-24(22)30(32)25(26)16-29(33)37-20/h11,17,19-25,27-28,30H,7-10,12-16H2,1-6H3/t19-,20+,21-,22?,23+,24?,25-,27-,28+,30+,32+/m1/s1. The lowest BCUT2D eigenvalue weighted by Gasteiger charge is -2.56. The first-order valence-electron chi connectivity index (χ1n) is 14.9. The van der Waals surface area contributed by atoms with Crippen LogP contribution in [0, 0.1) is 46.8 Å². The molecule has 37 heavy (non-hydrogen) atoms. The molecule has 5 heteroatoms. The Labute approximate surface area is 223 Å². The van der Waals surface area contributed by atoms with Crippen molar-refractivity contribution in [3.63, 3.8) is 0 Å². The Morgan fingerprint density at radius 3 is 2.54 bits per heavy atom. The first-order chi connectivity index (χ1) is 17.7. The molecule has 0 spiro atoms. The molecule has 2 saturated carbocycles. The second kappa shape index (κ2) is 10.6. The van der Waals surface area contributed by atoms with Crippen molar-refractivity contribution in [2.24, 2.45) is 46.8 Å². The Bertz CT molecular complexity index is 951. The highest BCUT2D eigenvalue weighted by molar-refractivity contribution is 5.99. The van der Waals surface area contributed by atoms with Crippen molar-refractivity contribution in [2.45, 2.75) is 104 Å². The maximum Gasteiger partial charge on any atom is 0.306 e. The Morgan fingerprint density at radius 1 is 1.05 bits per heavy atom. The van der Waals surface area contributed by atoms with Crippen LogP contribution in [0.15, 0.2) is 23.3 Å². The zero-order valence-electron chi connectivity index (χ0n) is 23.8. The molecule has 0 aromatic rings. The van der Waals surface area contributed by atoms with Gasteiger partial charge in [-0.05, 0) is 98.9 Å². The molecule has 11 atom stereocenters. The van der Waals surface area contributed by atoms with Crippen LogP contribution in [0.1, 0.15) is 85.5 Å². The molecule has 0 bridgehead atoms. The number of esters is 1. The van der Waals surface area contributed by atoms with Gasteiger partial charge in [0, 0.05) is 26.1 Å². The van der Waals surface area contributed by atoms with Gasteiger partial charge < -0.3 is 14.2 Å². The van der Waals surface area contributed by atoms with Crippen molar-refractivity contribution >= 4 is 11.8 Å². The Morgan fingerprint density at radius 2 is 1.84 bits per heavy atom. The molecule has 0 aromatic heterocycles. The molecule has 3 fully saturated rings. The SMILES string of the molecule is CC[C@H]1CCC[C@H](OC)[C@@H](C)C(=O)C2=C[C@@]3(C)[C@@H]4C[C@H](OC)C[C@H]4C4CC=C(C)CC4[C@H]3[C@@H]2CC(=O)O1. The number of Topliss-reactive ketones (excluding diaryl/α,β-unsaturated/α-hetero) is 1. The summed E-state index contributed by atoms with van der Waals surface area (Å²) in [6, 6.07) is 0. The van der Waals surface area contributed by atoms with E-state index in [-0.39, 0.29) is 53.2 Å². The number of cyclic esters (lactones) is 1. The Kier molecular flexibility index (Phi) is 7.77. The summed E-state index contributed by atoms with van der Waals surface area (Å²) in [4.78, 5) is 27.7. The summed E-state index contributed by atoms with van der Waals surface area (Å²) in [6.45, 7) is 8.79. The summed E-state index contributed by atoms with van der Waals surface area (Å²) >= 11 is 0. The van der Waals surface area contributed by atoms with E-state index in [2.05, 4.69) is 32.9 Å². The van der Waals surface area contributed by atoms with E-state index in [1.807, 2.05) is 14.0 Å². The molecule has 206 valence electrons. The Hall–Kier alpha value is -1.46. The van der Waals surface area contributed by atoms with E-state index in [4.69, 9.17) is 14.2 Å². The minimum Gasteiger partial charge on any atom is -0.462 e. The molecule has 1 heterocycles. The van der Waals surface area contributed by atoms with Crippen LogP contribution in [0.5, 0.6) is 0 Å². The fourth-order valence-electron chi connectivity index (χ4n) is 9.49. The van der Waals surface area contributed by atoms with E-state index < -0.39 is 0 Å². The van der Waals surface area contributed by atoms with E-state index >= 15 is 0 Å². The number of carbonyl (C=O) groups excluding carboxylic acids is 2. The highest BCUT2D eigenvalue weighted by Gasteiger charge is 2.64. The molecule has 0 radical (unpaired) electrons. The topological polar surface area (TPSA) is 61.8 Å². The van der Waals surface area contributed by atoms with Crippen molar-refractivity contribution in [1.82, 2.24) is 0 Å². The molecule has 0 N–H and O–H groups in total. The molecule has 0 amide bonds. The van der Waals surface area contributed by atoms with Crippen LogP contribution in [-0.4, -0.2) is 44.3 Å². The van der Waals surface area contributed by atoms with Gasteiger partial charge in [-0.1, -0.05) is 38.5 Å². The van der Waals surface area contributed by atoms with Gasteiger partial charge in [-0.25, -0.2) is 0 Å². The minimum absolute atomic E-state index is 0.0590. The average Bonchev–Trinajstić information content (AvgIpc) is 3.45. The van der Waals surface area contributed by atoms with E-state index in [9.17, 15) is 9.59 Å². The molecule has 1 aliphatic heterocycles. The van der Waals surface area contributed by atoms with Gasteiger partial charge in [0.25, 0.3) is 0 Å². The van der Waals surface area contributed by atoms with Gasteiger partial charge in [0.2, 0.25) is 0 Å². The van der Waals surface area contributed by atoms with Crippen LogP contribution in [0.3, 0.4) is 0 Å². The predicted molar refractivity (Wildman–Crippen MR) is 144 cm³/mol. The second-order valence-electron chi connectivity index (χ2n) is 13.1. The normalized spacial score (nSPS) is 46.3. The molecular formula is C32H48O5. The summed E-state index contributed by atoms with van der Waals surface area (Å²) < 4.78 is 17.9. The summed E-state index contributed by atoms with van der Waals surface area (Å²) in [7, 11) is 3.58. The van der Waals surface area contributed by atoms with Gasteiger partial charge in [-0.15, -0.1) is 0 Å². The zero-order chi connectivity index (χ0) is 26.5. The third-order valence-corrected chi connectivity index (χ3v) is 11.3. The van der Waals surface area contributed by atoms with E-state index in [1.54, 1.807) is 7.11 Å². The molecule has 5 nitrogen and oxygen atoms in total. The van der Waals surface area contributed by atoms with Crippen molar-refractivity contribution in [2.75, 3.05) is 14.2 Å². The quantitative estimate of drug-likeness (QED) is 0.328. The molecule has 4 aliphatic carbocycles. The first-order valence-corrected chi connectivity index (χ1v) is 14.9. The number of hydrogen-bond donors (Lipinski definition) is 0. The number of rotatable bonds is 3. The van der Waals surface area contributed by atoms with Crippen molar-refractivity contribution in [1.29, 1.82) is 0 Å². The van der Waals surface area contributed by atoms with Crippen LogP contribution >= 0.6 is 0 Å². The van der Waals surface area contributed by atoms with E-state index in [0.717, 1.165) is 56.9 Å². The number of methoxy groups -OCH3 is 2. The molecule has 0 aromatic carbocycles. The van der Waals surface area contributed by atoms with Gasteiger partial charge >= 0.3 is 5.97 Å². The van der Waals surface area contributed by atoms with E-state index in [1.165, 1.54) is 5.57 Å². The Balaban J connectivity index is 1.59. The van der Waals surface area contributed by atoms with E-state index in [0.29, 0.717) is 30.1 Å². The van der Waals surface area contributed by atoms with Gasteiger partial charge in [-0.2, -0.15) is 0 Å². The number of hydrogen-bond acceptors (Lipinski definition) is 5. The lowest BCUT2D eigenvalue weighted by Crippen LogP contribution is -2.51. The van der Waals surface area contributed by atoms with Gasteiger partial charge in [0.05, 0.1) is 18.6 Å². The van der Waals surface area contributed by atoms with Gasteiger partial charge in [-0.3, -0.25) is 9.59 Å². The second-order valence-corrected chi connectivity index (χ2v) is 13.1. The summed E-state index contributed by atoms with van der Waals surface area (Å²) in [5.74, 6) is 2.21. The van der Waals surface area contributed by atoms with Crippen LogP contribution in [-0.2, 0) is 23.8 Å². The maximum atomic E-state index is 14.2.